The Kier molecular flexibility index (Phi) is 7.01. The molecule has 32 heavy (non-hydrogen) atoms. The maximum atomic E-state index is 12.9. The van der Waals surface area contributed by atoms with Crippen molar-refractivity contribution >= 4 is 17.6 Å². The minimum absolute atomic E-state index is 0.106. The molecule has 0 aliphatic rings. The van der Waals surface area contributed by atoms with Gasteiger partial charge in [0.15, 0.2) is 0 Å². The Labute approximate surface area is 187 Å². The van der Waals surface area contributed by atoms with E-state index >= 15 is 0 Å². The lowest BCUT2D eigenvalue weighted by atomic mass is 10.0. The summed E-state index contributed by atoms with van der Waals surface area (Å²) in [7, 11) is 0. The predicted molar refractivity (Wildman–Crippen MR) is 120 cm³/mol. The van der Waals surface area contributed by atoms with E-state index < -0.39 is 6.04 Å². The van der Waals surface area contributed by atoms with Gasteiger partial charge in [-0.05, 0) is 46.1 Å². The number of hydrogen-bond donors (Lipinski definition) is 3. The zero-order chi connectivity index (χ0) is 23.4. The highest BCUT2D eigenvalue weighted by Gasteiger charge is 2.24. The maximum Gasteiger partial charge on any atom is 0.251 e. The summed E-state index contributed by atoms with van der Waals surface area (Å²) in [5.41, 5.74) is 4.01. The zero-order valence-corrected chi connectivity index (χ0v) is 19.4. The minimum atomic E-state index is -0.663. The minimum Gasteiger partial charge on any atom is -0.344 e. The van der Waals surface area contributed by atoms with Crippen molar-refractivity contribution < 1.29 is 9.59 Å². The van der Waals surface area contributed by atoms with Crippen LogP contribution in [-0.2, 0) is 16.0 Å². The Morgan fingerprint density at radius 1 is 1.12 bits per heavy atom. The summed E-state index contributed by atoms with van der Waals surface area (Å²) in [5, 5.41) is 16.7. The largest absolute Gasteiger partial charge is 0.344 e. The molecule has 3 N–H and O–H groups in total. The predicted octanol–water partition coefficient (Wildman–Crippen LogP) is 2.33. The van der Waals surface area contributed by atoms with Crippen LogP contribution in [0.3, 0.4) is 0 Å². The van der Waals surface area contributed by atoms with Gasteiger partial charge in [0.25, 0.3) is 5.95 Å². The highest BCUT2D eigenvalue weighted by Crippen LogP contribution is 2.18. The number of H-pyrrole nitrogens is 1. The van der Waals surface area contributed by atoms with Gasteiger partial charge in [-0.1, -0.05) is 13.8 Å². The molecule has 0 radical (unpaired) electrons. The van der Waals surface area contributed by atoms with E-state index in [1.165, 1.54) is 0 Å². The summed E-state index contributed by atoms with van der Waals surface area (Å²) >= 11 is 0. The van der Waals surface area contributed by atoms with E-state index in [-0.39, 0.29) is 24.2 Å². The molecule has 0 saturated heterocycles. The summed E-state index contributed by atoms with van der Waals surface area (Å²) in [6.07, 6.45) is 2.17. The van der Waals surface area contributed by atoms with E-state index in [1.54, 1.807) is 16.9 Å². The average molecular weight is 439 g/mol. The van der Waals surface area contributed by atoms with Gasteiger partial charge in [0, 0.05) is 28.7 Å². The fraction of sp³-hybridized carbons (Fsp3) is 0.455. The lowest BCUT2D eigenvalue weighted by Crippen LogP contribution is -2.45. The third kappa shape index (κ3) is 5.57. The van der Waals surface area contributed by atoms with E-state index in [9.17, 15) is 9.59 Å². The van der Waals surface area contributed by atoms with Crippen molar-refractivity contribution in [3.05, 3.63) is 46.7 Å². The molecule has 170 valence electrons. The summed E-state index contributed by atoms with van der Waals surface area (Å²) < 4.78 is 1.66. The molecule has 10 nitrogen and oxygen atoms in total. The molecule has 1 unspecified atom stereocenters. The lowest BCUT2D eigenvalue weighted by molar-refractivity contribution is -0.126. The van der Waals surface area contributed by atoms with Crippen molar-refractivity contribution in [2.75, 3.05) is 5.32 Å². The van der Waals surface area contributed by atoms with Crippen molar-refractivity contribution in [1.82, 2.24) is 35.3 Å². The number of nitrogens with zero attached hydrogens (tertiary/aromatic N) is 5. The first kappa shape index (κ1) is 23.1. The number of amides is 2. The summed E-state index contributed by atoms with van der Waals surface area (Å²) in [5.74, 6) is 0.651. The van der Waals surface area contributed by atoms with Gasteiger partial charge in [0.05, 0.1) is 18.3 Å². The first-order chi connectivity index (χ1) is 15.1. The highest BCUT2D eigenvalue weighted by molar-refractivity contribution is 5.96. The van der Waals surface area contributed by atoms with Crippen LogP contribution in [0, 0.1) is 33.6 Å². The molecular formula is C22H30N8O2. The van der Waals surface area contributed by atoms with Crippen molar-refractivity contribution in [1.29, 1.82) is 0 Å². The van der Waals surface area contributed by atoms with Crippen LogP contribution in [0.25, 0.3) is 5.95 Å². The van der Waals surface area contributed by atoms with Crippen LogP contribution in [0.1, 0.15) is 48.6 Å². The van der Waals surface area contributed by atoms with Gasteiger partial charge >= 0.3 is 0 Å². The maximum absolute atomic E-state index is 12.9. The van der Waals surface area contributed by atoms with E-state index in [1.807, 2.05) is 47.6 Å². The number of nitrogens with one attached hydrogen (secondary N) is 3. The Balaban J connectivity index is 1.76. The Morgan fingerprint density at radius 3 is 2.41 bits per heavy atom. The monoisotopic (exact) mass is 438 g/mol. The Bertz CT molecular complexity index is 1080. The number of aromatic nitrogens is 6. The summed E-state index contributed by atoms with van der Waals surface area (Å²) in [6, 6.07) is 2.89. The molecule has 1 atom stereocenters. The fourth-order valence-corrected chi connectivity index (χ4v) is 3.58. The fourth-order valence-electron chi connectivity index (χ4n) is 3.58. The van der Waals surface area contributed by atoms with Gasteiger partial charge in [-0.25, -0.2) is 14.6 Å². The van der Waals surface area contributed by atoms with Crippen molar-refractivity contribution in [3.63, 3.8) is 0 Å². The molecular weight excluding hydrogens is 408 g/mol. The summed E-state index contributed by atoms with van der Waals surface area (Å²) in [6.45, 7) is 11.6. The van der Waals surface area contributed by atoms with E-state index in [0.717, 1.165) is 28.3 Å². The number of carbonyl (C=O) groups excluding carboxylic acids is 2. The lowest BCUT2D eigenvalue weighted by Gasteiger charge is -2.20. The molecule has 10 heteroatoms. The van der Waals surface area contributed by atoms with Gasteiger partial charge in [-0.2, -0.15) is 10.2 Å². The molecule has 3 heterocycles. The van der Waals surface area contributed by atoms with E-state index in [0.29, 0.717) is 18.2 Å². The molecule has 0 bridgehead atoms. The van der Waals surface area contributed by atoms with Gasteiger partial charge in [0.2, 0.25) is 11.8 Å². The Morgan fingerprint density at radius 2 is 1.81 bits per heavy atom. The molecule has 0 aliphatic heterocycles. The second-order valence-electron chi connectivity index (χ2n) is 8.40. The normalized spacial score (nSPS) is 12.1. The second kappa shape index (κ2) is 9.71. The highest BCUT2D eigenvalue weighted by atomic mass is 16.2. The third-order valence-electron chi connectivity index (χ3n) is 5.06. The second-order valence-corrected chi connectivity index (χ2v) is 8.40. The molecule has 3 aromatic rings. The molecule has 0 fully saturated rings. The molecule has 0 spiro atoms. The van der Waals surface area contributed by atoms with Crippen LogP contribution in [0.5, 0.6) is 0 Å². The number of rotatable bonds is 8. The summed E-state index contributed by atoms with van der Waals surface area (Å²) in [4.78, 5) is 34.5. The number of anilines is 1. The number of hydrogen-bond acceptors (Lipinski definition) is 6. The van der Waals surface area contributed by atoms with Gasteiger partial charge in [-0.3, -0.25) is 14.7 Å². The average Bonchev–Trinajstić information content (AvgIpc) is 3.29. The number of aromatic amines is 1. The van der Waals surface area contributed by atoms with Crippen LogP contribution in [0.15, 0.2) is 18.3 Å². The van der Waals surface area contributed by atoms with E-state index in [2.05, 4.69) is 35.9 Å². The Hall–Kier alpha value is -3.56. The topological polar surface area (TPSA) is 130 Å². The number of aryl methyl sites for hydroxylation is 3. The zero-order valence-electron chi connectivity index (χ0n) is 19.4. The van der Waals surface area contributed by atoms with Gasteiger partial charge in [-0.15, -0.1) is 0 Å². The van der Waals surface area contributed by atoms with Crippen molar-refractivity contribution in [3.8, 4) is 5.95 Å². The molecule has 0 saturated carbocycles. The van der Waals surface area contributed by atoms with Crippen molar-refractivity contribution in [2.45, 2.75) is 60.4 Å². The van der Waals surface area contributed by atoms with Crippen LogP contribution in [0.4, 0.5) is 5.82 Å². The van der Waals surface area contributed by atoms with Crippen LogP contribution >= 0.6 is 0 Å². The molecule has 3 rings (SSSR count). The van der Waals surface area contributed by atoms with Gasteiger partial charge < -0.3 is 10.6 Å². The standard InChI is InChI=1S/C22H30N8O2/c1-12(2)9-18(21(32)27-19-7-8-23-28-19)26-20(31)11-17-15(5)29-30(16(17)6)22-24-13(3)10-14(4)25-22/h7-8,10,12,18H,9,11H2,1-6H3,(H,26,31)(H2,23,27,28,32). The smallest absolute Gasteiger partial charge is 0.251 e. The number of carbonyl (C=O) groups is 2. The molecule has 3 aromatic heterocycles. The van der Waals surface area contributed by atoms with Crippen LogP contribution in [-0.4, -0.2) is 47.8 Å². The third-order valence-corrected chi connectivity index (χ3v) is 5.06. The molecule has 0 aliphatic carbocycles. The van der Waals surface area contributed by atoms with E-state index in [4.69, 9.17) is 0 Å². The molecule has 2 amide bonds. The quantitative estimate of drug-likeness (QED) is 0.495. The van der Waals surface area contributed by atoms with Gasteiger partial charge in [0.1, 0.15) is 11.9 Å². The van der Waals surface area contributed by atoms with Crippen molar-refractivity contribution in [2.24, 2.45) is 5.92 Å². The van der Waals surface area contributed by atoms with Crippen LogP contribution in [0.2, 0.25) is 0 Å². The first-order valence-electron chi connectivity index (χ1n) is 10.6. The van der Waals surface area contributed by atoms with Crippen LogP contribution < -0.4 is 10.6 Å². The SMILES string of the molecule is Cc1cc(C)nc(-n2nc(C)c(CC(=O)NC(CC(C)C)C(=O)Nc3ccn[nH]3)c2C)n1. The first-order valence-corrected chi connectivity index (χ1v) is 10.6. The molecule has 0 aromatic carbocycles.